The predicted molar refractivity (Wildman–Crippen MR) is 72.9 cm³/mol. The Hall–Kier alpha value is -1.00. The van der Waals surface area contributed by atoms with Crippen LogP contribution in [0.5, 0.6) is 0 Å². The molecule has 0 bridgehead atoms. The van der Waals surface area contributed by atoms with E-state index in [1.54, 1.807) is 18.2 Å². The minimum Gasteiger partial charge on any atom is -0.207 e. The van der Waals surface area contributed by atoms with Crippen LogP contribution in [0.4, 0.5) is 13.2 Å². The lowest BCUT2D eigenvalue weighted by Crippen LogP contribution is -2.03. The highest BCUT2D eigenvalue weighted by atomic mass is 79.9. The lowest BCUT2D eigenvalue weighted by molar-refractivity contribution is 0.526. The third-order valence-corrected chi connectivity index (χ3v) is 3.87. The molecule has 2 aromatic carbocycles. The summed E-state index contributed by atoms with van der Waals surface area (Å²) in [6.45, 7) is 1.89. The number of aryl methyl sites for hydroxylation is 1. The first kappa shape index (κ1) is 14.4. The lowest BCUT2D eigenvalue weighted by atomic mass is 10.0. The molecule has 2 rings (SSSR count). The van der Waals surface area contributed by atoms with Crippen LogP contribution in [-0.4, -0.2) is 0 Å². The van der Waals surface area contributed by atoms with Gasteiger partial charge in [-0.15, -0.1) is 11.6 Å². The van der Waals surface area contributed by atoms with Crippen molar-refractivity contribution in [3.05, 3.63) is 68.9 Å². The third kappa shape index (κ3) is 2.95. The molecule has 0 spiro atoms. The number of hydrogen-bond acceptors (Lipinski definition) is 0. The van der Waals surface area contributed by atoms with Crippen molar-refractivity contribution >= 4 is 27.5 Å². The molecule has 0 nitrogen and oxygen atoms in total. The Bertz CT molecular complexity index is 605. The van der Waals surface area contributed by atoms with Crippen LogP contribution in [0.15, 0.2) is 34.8 Å². The average Bonchev–Trinajstić information content (AvgIpc) is 2.26. The fourth-order valence-electron chi connectivity index (χ4n) is 1.79. The molecule has 5 heteroatoms. The molecule has 0 heterocycles. The summed E-state index contributed by atoms with van der Waals surface area (Å²) < 4.78 is 40.9. The van der Waals surface area contributed by atoms with Crippen LogP contribution in [0.3, 0.4) is 0 Å². The van der Waals surface area contributed by atoms with Gasteiger partial charge in [0.05, 0.1) is 5.38 Å². The molecule has 0 amide bonds. The molecule has 1 unspecified atom stereocenters. The maximum Gasteiger partial charge on any atom is 0.134 e. The predicted octanol–water partition coefficient (Wildman–Crippen LogP) is 5.50. The monoisotopic (exact) mass is 348 g/mol. The van der Waals surface area contributed by atoms with Gasteiger partial charge in [0.1, 0.15) is 17.5 Å². The maximum atomic E-state index is 13.7. The minimum absolute atomic E-state index is 0.354. The van der Waals surface area contributed by atoms with Gasteiger partial charge >= 0.3 is 0 Å². The fraction of sp³-hybridized carbons (Fsp3) is 0.143. The Morgan fingerprint density at radius 3 is 2.16 bits per heavy atom. The standard InChI is InChI=1S/C14H9BrClF3/c1-7-2-3-9(10(15)4-7)14(16)13-11(18)5-8(17)6-12(13)19/h2-6,14H,1H3. The van der Waals surface area contributed by atoms with E-state index in [2.05, 4.69) is 15.9 Å². The van der Waals surface area contributed by atoms with Crippen LogP contribution in [0.2, 0.25) is 0 Å². The van der Waals surface area contributed by atoms with E-state index in [9.17, 15) is 13.2 Å². The number of alkyl halides is 1. The van der Waals surface area contributed by atoms with Crippen LogP contribution in [0.1, 0.15) is 22.1 Å². The Morgan fingerprint density at radius 2 is 1.63 bits per heavy atom. The van der Waals surface area contributed by atoms with Gasteiger partial charge in [-0.3, -0.25) is 0 Å². The van der Waals surface area contributed by atoms with Crippen LogP contribution < -0.4 is 0 Å². The molecular weight excluding hydrogens is 341 g/mol. The van der Waals surface area contributed by atoms with Crippen LogP contribution in [0, 0.1) is 24.4 Å². The quantitative estimate of drug-likeness (QED) is 0.628. The van der Waals surface area contributed by atoms with E-state index in [1.165, 1.54) is 0 Å². The topological polar surface area (TPSA) is 0 Å². The van der Waals surface area contributed by atoms with Crippen molar-refractivity contribution in [1.29, 1.82) is 0 Å². The van der Waals surface area contributed by atoms with Gasteiger partial charge in [-0.1, -0.05) is 28.1 Å². The summed E-state index contributed by atoms with van der Waals surface area (Å²) in [4.78, 5) is 0. The van der Waals surface area contributed by atoms with Gasteiger partial charge in [0.25, 0.3) is 0 Å². The van der Waals surface area contributed by atoms with Crippen molar-refractivity contribution in [1.82, 2.24) is 0 Å². The van der Waals surface area contributed by atoms with E-state index >= 15 is 0 Å². The maximum absolute atomic E-state index is 13.7. The number of hydrogen-bond donors (Lipinski definition) is 0. The van der Waals surface area contributed by atoms with Crippen LogP contribution >= 0.6 is 27.5 Å². The summed E-state index contributed by atoms with van der Waals surface area (Å²) in [6, 6.07) is 6.50. The number of benzene rings is 2. The summed E-state index contributed by atoms with van der Waals surface area (Å²) in [5, 5.41) is -1.03. The highest BCUT2D eigenvalue weighted by Gasteiger charge is 2.22. The second-order valence-corrected chi connectivity index (χ2v) is 5.46. The summed E-state index contributed by atoms with van der Waals surface area (Å²) in [5.74, 6) is -2.96. The molecule has 0 aliphatic carbocycles. The molecule has 100 valence electrons. The zero-order valence-electron chi connectivity index (χ0n) is 9.85. The molecule has 0 N–H and O–H groups in total. The number of halogens is 5. The average molecular weight is 350 g/mol. The fourth-order valence-corrected chi connectivity index (χ4v) is 3.04. The summed E-state index contributed by atoms with van der Waals surface area (Å²) in [5.41, 5.74) is 1.16. The lowest BCUT2D eigenvalue weighted by Gasteiger charge is -2.14. The molecule has 2 aromatic rings. The van der Waals surface area contributed by atoms with Gasteiger partial charge < -0.3 is 0 Å². The summed E-state index contributed by atoms with van der Waals surface area (Å²) >= 11 is 9.42. The Labute approximate surface area is 122 Å². The van der Waals surface area contributed by atoms with Crippen LogP contribution in [-0.2, 0) is 0 Å². The largest absolute Gasteiger partial charge is 0.207 e. The van der Waals surface area contributed by atoms with Gasteiger partial charge in [0.2, 0.25) is 0 Å². The van der Waals surface area contributed by atoms with Crippen molar-refractivity contribution in [3.8, 4) is 0 Å². The molecule has 0 aliphatic rings. The normalized spacial score (nSPS) is 12.5. The van der Waals surface area contributed by atoms with Crippen molar-refractivity contribution < 1.29 is 13.2 Å². The summed E-state index contributed by atoms with van der Waals surface area (Å²) in [7, 11) is 0. The van der Waals surface area contributed by atoms with E-state index in [0.29, 0.717) is 22.2 Å². The first-order valence-corrected chi connectivity index (χ1v) is 6.67. The van der Waals surface area contributed by atoms with E-state index in [-0.39, 0.29) is 5.56 Å². The molecular formula is C14H9BrClF3. The second-order valence-electron chi connectivity index (χ2n) is 4.17. The minimum atomic E-state index is -1.03. The molecule has 0 aromatic heterocycles. The highest BCUT2D eigenvalue weighted by Crippen LogP contribution is 2.37. The van der Waals surface area contributed by atoms with Crippen molar-refractivity contribution in [2.45, 2.75) is 12.3 Å². The van der Waals surface area contributed by atoms with Gasteiger partial charge in [0.15, 0.2) is 0 Å². The molecule has 0 aliphatic heterocycles. The molecule has 0 radical (unpaired) electrons. The SMILES string of the molecule is Cc1ccc(C(Cl)c2c(F)cc(F)cc2F)c(Br)c1. The zero-order valence-corrected chi connectivity index (χ0v) is 12.2. The molecule has 19 heavy (non-hydrogen) atoms. The molecule has 1 atom stereocenters. The molecule has 0 saturated carbocycles. The van der Waals surface area contributed by atoms with Crippen molar-refractivity contribution in [2.24, 2.45) is 0 Å². The van der Waals surface area contributed by atoms with Gasteiger partial charge in [-0.25, -0.2) is 13.2 Å². The molecule has 0 fully saturated rings. The number of rotatable bonds is 2. The second kappa shape index (κ2) is 5.55. The van der Waals surface area contributed by atoms with Gasteiger partial charge in [-0.2, -0.15) is 0 Å². The smallest absolute Gasteiger partial charge is 0.134 e. The zero-order chi connectivity index (χ0) is 14.2. The molecule has 0 saturated heterocycles. The Morgan fingerprint density at radius 1 is 1.05 bits per heavy atom. The third-order valence-electron chi connectivity index (χ3n) is 2.73. The first-order valence-electron chi connectivity index (χ1n) is 5.44. The Balaban J connectivity index is 2.53. The van der Waals surface area contributed by atoms with Crippen molar-refractivity contribution in [3.63, 3.8) is 0 Å². The van der Waals surface area contributed by atoms with Crippen LogP contribution in [0.25, 0.3) is 0 Å². The van der Waals surface area contributed by atoms with Gasteiger partial charge in [0, 0.05) is 22.2 Å². The van der Waals surface area contributed by atoms with E-state index < -0.39 is 22.8 Å². The van der Waals surface area contributed by atoms with E-state index in [0.717, 1.165) is 5.56 Å². The first-order chi connectivity index (χ1) is 8.90. The Kier molecular flexibility index (Phi) is 4.21. The highest BCUT2D eigenvalue weighted by molar-refractivity contribution is 9.10. The van der Waals surface area contributed by atoms with E-state index in [1.807, 2.05) is 6.92 Å². The van der Waals surface area contributed by atoms with E-state index in [4.69, 9.17) is 11.6 Å². The summed E-state index contributed by atoms with van der Waals surface area (Å²) in [6.07, 6.45) is 0. The van der Waals surface area contributed by atoms with Gasteiger partial charge in [-0.05, 0) is 24.1 Å². The van der Waals surface area contributed by atoms with Crippen molar-refractivity contribution in [2.75, 3.05) is 0 Å².